The topological polar surface area (TPSA) is 20.2 Å². The number of benzene rings is 1. The van der Waals surface area contributed by atoms with Crippen molar-refractivity contribution in [3.63, 3.8) is 0 Å². The third-order valence-electron chi connectivity index (χ3n) is 3.99. The zero-order chi connectivity index (χ0) is 26.9. The zero-order valence-electron chi connectivity index (χ0n) is 14.5. The van der Waals surface area contributed by atoms with E-state index in [1.165, 1.54) is 0 Å². The minimum absolute atomic E-state index is 0.248. The van der Waals surface area contributed by atoms with E-state index >= 15 is 0 Å². The van der Waals surface area contributed by atoms with Gasteiger partial charge in [-0.25, -0.2) is 0 Å². The van der Waals surface area contributed by atoms with E-state index in [0.717, 1.165) is 18.2 Å². The molecule has 0 unspecified atom stereocenters. The van der Waals surface area contributed by atoms with E-state index in [-0.39, 0.29) is 5.56 Å². The number of hydrogen-bond acceptors (Lipinski definition) is 1. The third kappa shape index (κ3) is 6.13. The van der Waals surface area contributed by atoms with E-state index < -0.39 is 44.9 Å². The predicted octanol–water partition coefficient (Wildman–Crippen LogP) is 12.1. The summed E-state index contributed by atoms with van der Waals surface area (Å²) < 4.78 is -20.8. The van der Waals surface area contributed by atoms with Crippen LogP contribution < -0.4 is 0 Å². The van der Waals surface area contributed by atoms with E-state index in [9.17, 15) is 5.11 Å². The second-order valence-electron chi connectivity index (χ2n) is 6.17. The second-order valence-corrected chi connectivity index (χ2v) is 18.7. The summed E-state index contributed by atoms with van der Waals surface area (Å²) in [5, 5.41) is 10.4. The molecule has 1 rings (SSSR count). The summed E-state index contributed by atoms with van der Waals surface area (Å²) in [5.41, 5.74) is -0.742. The van der Waals surface area contributed by atoms with Crippen LogP contribution in [0, 0.1) is 0 Å². The van der Waals surface area contributed by atoms with Gasteiger partial charge in [0, 0.05) is 5.56 Å². The van der Waals surface area contributed by atoms with Crippen LogP contribution in [0.5, 0.6) is 5.75 Å². The molecule has 0 radical (unpaired) electrons. The largest absolute Gasteiger partial charge is 0.508 e. The van der Waals surface area contributed by atoms with Crippen LogP contribution in [0.1, 0.15) is 11.1 Å². The maximum absolute atomic E-state index is 10.4. The van der Waals surface area contributed by atoms with Crippen LogP contribution in [0.4, 0.5) is 0 Å². The van der Waals surface area contributed by atoms with Crippen LogP contribution in [-0.2, 0) is 8.67 Å². The zero-order valence-corrected chi connectivity index (χ0v) is 28.1. The molecule has 0 atom stereocenters. The second kappa shape index (κ2) is 10.9. The summed E-state index contributed by atoms with van der Waals surface area (Å²) in [7, 11) is 0. The van der Waals surface area contributed by atoms with Crippen molar-refractivity contribution in [3.8, 4) is 5.75 Å². The van der Waals surface area contributed by atoms with Crippen LogP contribution in [0.25, 0.3) is 0 Å². The van der Waals surface area contributed by atoms with Crippen LogP contribution in [0.2, 0.25) is 0 Å². The van der Waals surface area contributed by atoms with Gasteiger partial charge in [-0.2, -0.15) is 0 Å². The molecule has 192 valence electrons. The van der Waals surface area contributed by atoms with Crippen molar-refractivity contribution in [2.45, 2.75) is 33.6 Å². The molecule has 1 nitrogen and oxygen atoms in total. The molecule has 0 amide bonds. The lowest BCUT2D eigenvalue weighted by Crippen LogP contribution is -2.55. The Balaban J connectivity index is 3.80. The van der Waals surface area contributed by atoms with Gasteiger partial charge < -0.3 is 5.11 Å². The molecule has 33 heavy (non-hydrogen) atoms. The summed E-state index contributed by atoms with van der Waals surface area (Å²) in [6.07, 6.45) is 0. The molecule has 0 saturated heterocycles. The van der Waals surface area contributed by atoms with Crippen molar-refractivity contribution in [2.75, 3.05) is 0 Å². The number of phenolic OH excluding ortho intramolecular Hbond substituents is 1. The number of phenols is 1. The van der Waals surface area contributed by atoms with Crippen LogP contribution in [0.15, 0.2) is 18.2 Å². The standard InChI is InChI=1S/C14H4Cl18O/c15-7(16,9(19,20)11(23,24)13(27,28)29)4-1-2-6(33)5(3-4)8(17,18)10(21,22)12(25,26)14(30,31)32/h1-3,33H. The molecule has 0 aliphatic heterocycles. The molecule has 0 spiro atoms. The number of halogens is 18. The molecule has 19 heteroatoms. The van der Waals surface area contributed by atoms with Crippen molar-refractivity contribution >= 4 is 209 Å². The number of alkyl halides is 18. The van der Waals surface area contributed by atoms with Gasteiger partial charge in [-0.3, -0.25) is 0 Å². The monoisotopic (exact) mass is 817 g/mol. The Morgan fingerprint density at radius 3 is 1.12 bits per heavy atom. The number of aromatic hydroxyl groups is 1. The van der Waals surface area contributed by atoms with Crippen molar-refractivity contribution in [1.82, 2.24) is 0 Å². The van der Waals surface area contributed by atoms with Gasteiger partial charge in [-0.05, 0) is 17.7 Å². The molecular formula is C14H4Cl18O. The van der Waals surface area contributed by atoms with Crippen LogP contribution in [0.3, 0.4) is 0 Å². The van der Waals surface area contributed by atoms with Gasteiger partial charge >= 0.3 is 0 Å². The Morgan fingerprint density at radius 2 is 0.788 bits per heavy atom. The molecule has 0 saturated carbocycles. The Hall–Kier alpha value is 4.24. The first kappa shape index (κ1) is 35.3. The minimum Gasteiger partial charge on any atom is -0.508 e. The van der Waals surface area contributed by atoms with E-state index in [2.05, 4.69) is 0 Å². The van der Waals surface area contributed by atoms with Gasteiger partial charge in [-0.15, -0.1) is 0 Å². The molecule has 0 aliphatic rings. The smallest absolute Gasteiger partial charge is 0.226 e. The molecule has 1 aromatic rings. The van der Waals surface area contributed by atoms with Crippen molar-refractivity contribution < 1.29 is 5.11 Å². The first-order valence-corrected chi connectivity index (χ1v) is 14.2. The van der Waals surface area contributed by atoms with E-state index in [1.54, 1.807) is 0 Å². The van der Waals surface area contributed by atoms with Crippen molar-refractivity contribution in [1.29, 1.82) is 0 Å². The van der Waals surface area contributed by atoms with E-state index in [4.69, 9.17) is 209 Å². The maximum Gasteiger partial charge on any atom is 0.226 e. The predicted molar refractivity (Wildman–Crippen MR) is 153 cm³/mol. The summed E-state index contributed by atoms with van der Waals surface area (Å²) in [4.78, 5) is 0. The molecule has 1 aromatic carbocycles. The van der Waals surface area contributed by atoms with Crippen LogP contribution in [-0.4, -0.2) is 30.0 Å². The number of hydrogen-bond donors (Lipinski definition) is 1. The Morgan fingerprint density at radius 1 is 0.455 bits per heavy atom. The highest BCUT2D eigenvalue weighted by Gasteiger charge is 2.70. The van der Waals surface area contributed by atoms with Gasteiger partial charge in [0.15, 0.2) is 17.3 Å². The molecule has 1 N–H and O–H groups in total. The molecular weight excluding hydrogens is 822 g/mol. The Kier molecular flexibility index (Phi) is 11.7. The first-order valence-electron chi connectivity index (χ1n) is 7.36. The molecule has 0 bridgehead atoms. The third-order valence-corrected chi connectivity index (χ3v) is 14.9. The SMILES string of the molecule is Oc1ccc(C(Cl)(Cl)C(Cl)(Cl)C(Cl)(Cl)C(Cl)(Cl)Cl)cc1C(Cl)(Cl)C(Cl)(Cl)C(Cl)(Cl)C(Cl)(Cl)Cl. The van der Waals surface area contributed by atoms with Crippen molar-refractivity contribution in [2.24, 2.45) is 0 Å². The fourth-order valence-electron chi connectivity index (χ4n) is 2.08. The van der Waals surface area contributed by atoms with Gasteiger partial charge in [0.05, 0.1) is 0 Å². The highest BCUT2D eigenvalue weighted by molar-refractivity contribution is 6.81. The van der Waals surface area contributed by atoms with Gasteiger partial charge in [0.2, 0.25) is 16.3 Å². The van der Waals surface area contributed by atoms with Gasteiger partial charge in [0.25, 0.3) is 0 Å². The molecule has 0 aliphatic carbocycles. The van der Waals surface area contributed by atoms with Gasteiger partial charge in [-0.1, -0.05) is 215 Å². The first-order chi connectivity index (χ1) is 14.1. The Labute approximate surface area is 279 Å². The summed E-state index contributed by atoms with van der Waals surface area (Å²) >= 11 is 110. The van der Waals surface area contributed by atoms with E-state index in [1.807, 2.05) is 0 Å². The van der Waals surface area contributed by atoms with Gasteiger partial charge in [0.1, 0.15) is 5.75 Å². The average Bonchev–Trinajstić information content (AvgIpc) is 2.59. The quantitative estimate of drug-likeness (QED) is 0.283. The fourth-order valence-corrected chi connectivity index (χ4v) is 6.56. The molecule has 0 fully saturated rings. The lowest BCUT2D eigenvalue weighted by atomic mass is 9.98. The Bertz CT molecular complexity index is 877. The lowest BCUT2D eigenvalue weighted by Gasteiger charge is -2.45. The normalized spacial score (nSPS) is 15.7. The highest BCUT2D eigenvalue weighted by Crippen LogP contribution is 2.68. The van der Waals surface area contributed by atoms with E-state index in [0.29, 0.717) is 0 Å². The summed E-state index contributed by atoms with van der Waals surface area (Å²) in [6, 6.07) is 3.08. The van der Waals surface area contributed by atoms with Crippen molar-refractivity contribution in [3.05, 3.63) is 29.3 Å². The molecule has 0 aromatic heterocycles. The molecule has 0 heterocycles. The lowest BCUT2D eigenvalue weighted by molar-refractivity contribution is 0.457. The highest BCUT2D eigenvalue weighted by atomic mass is 35.6. The summed E-state index contributed by atoms with van der Waals surface area (Å²) in [6.45, 7) is 0. The summed E-state index contributed by atoms with van der Waals surface area (Å²) in [5.74, 6) is -0.619. The average molecular weight is 826 g/mol. The minimum atomic E-state index is -2.73. The number of rotatable bonds is 6. The fraction of sp³-hybridized carbons (Fsp3) is 0.571. The maximum atomic E-state index is 10.4. The van der Waals surface area contributed by atoms with Crippen LogP contribution >= 0.6 is 209 Å².